The van der Waals surface area contributed by atoms with Crippen molar-refractivity contribution in [1.82, 2.24) is 9.80 Å². The van der Waals surface area contributed by atoms with Crippen LogP contribution >= 0.6 is 0 Å². The van der Waals surface area contributed by atoms with E-state index in [1.165, 1.54) is 0 Å². The van der Waals surface area contributed by atoms with Crippen molar-refractivity contribution in [2.75, 3.05) is 51.8 Å². The summed E-state index contributed by atoms with van der Waals surface area (Å²) in [5, 5.41) is 11.4. The number of likely N-dealkylation sites (N-methyl/N-ethyl adjacent to an activating group) is 1. The number of likely N-dealkylation sites (tertiary alicyclic amines) is 1. The van der Waals surface area contributed by atoms with Crippen LogP contribution in [-0.2, 0) is 9.59 Å². The summed E-state index contributed by atoms with van der Waals surface area (Å²) in [6.45, 7) is 12.8. The van der Waals surface area contributed by atoms with Crippen LogP contribution in [0, 0.1) is 6.92 Å². The maximum absolute atomic E-state index is 13.3. The topological polar surface area (TPSA) is 73.3 Å². The van der Waals surface area contributed by atoms with E-state index in [2.05, 4.69) is 25.3 Å². The number of ether oxygens (including phenoxy) is 1. The van der Waals surface area contributed by atoms with E-state index in [9.17, 15) is 14.7 Å². The third kappa shape index (κ3) is 5.62. The number of benzene rings is 2. The Balaban J connectivity index is 2.08. The molecule has 1 aliphatic rings. The van der Waals surface area contributed by atoms with Crippen LogP contribution in [-0.4, -0.2) is 73.5 Å². The molecule has 1 atom stereocenters. The Morgan fingerprint density at radius 1 is 1.11 bits per heavy atom. The van der Waals surface area contributed by atoms with Crippen molar-refractivity contribution in [3.8, 4) is 5.75 Å². The van der Waals surface area contributed by atoms with Gasteiger partial charge >= 0.3 is 0 Å². The van der Waals surface area contributed by atoms with E-state index in [4.69, 9.17) is 4.74 Å². The van der Waals surface area contributed by atoms with Gasteiger partial charge in [-0.25, -0.2) is 0 Å². The Morgan fingerprint density at radius 3 is 2.33 bits per heavy atom. The van der Waals surface area contributed by atoms with E-state index < -0.39 is 17.7 Å². The van der Waals surface area contributed by atoms with Crippen LogP contribution < -0.4 is 9.64 Å². The molecule has 36 heavy (non-hydrogen) atoms. The van der Waals surface area contributed by atoms with E-state index in [-0.39, 0.29) is 11.3 Å². The summed E-state index contributed by atoms with van der Waals surface area (Å²) in [4.78, 5) is 32.3. The van der Waals surface area contributed by atoms with Gasteiger partial charge in [-0.15, -0.1) is 0 Å². The van der Waals surface area contributed by atoms with Gasteiger partial charge in [0.2, 0.25) is 0 Å². The van der Waals surface area contributed by atoms with Crippen LogP contribution in [0.4, 0.5) is 5.69 Å². The maximum Gasteiger partial charge on any atom is 0.295 e. The predicted molar refractivity (Wildman–Crippen MR) is 144 cm³/mol. The molecule has 1 fully saturated rings. The molecule has 0 saturated carbocycles. The lowest BCUT2D eigenvalue weighted by atomic mass is 9.94. The number of carbonyl (C=O) groups excluding carboxylic acids is 2. The number of anilines is 1. The Morgan fingerprint density at radius 2 is 1.78 bits per heavy atom. The molecule has 0 bridgehead atoms. The fourth-order valence-corrected chi connectivity index (χ4v) is 4.46. The molecule has 1 N–H and O–H groups in total. The molecule has 1 saturated heterocycles. The zero-order valence-corrected chi connectivity index (χ0v) is 22.0. The highest BCUT2D eigenvalue weighted by Gasteiger charge is 2.46. The molecule has 7 nitrogen and oxygen atoms in total. The molecule has 3 rings (SSSR count). The molecule has 192 valence electrons. The molecule has 0 aromatic heterocycles. The highest BCUT2D eigenvalue weighted by atomic mass is 16.5. The first-order valence-corrected chi connectivity index (χ1v) is 12.4. The molecule has 0 aliphatic carbocycles. The van der Waals surface area contributed by atoms with Gasteiger partial charge in [0.05, 0.1) is 11.6 Å². The quantitative estimate of drug-likeness (QED) is 0.218. The molecule has 1 aliphatic heterocycles. The minimum absolute atomic E-state index is 0.108. The molecule has 2 aromatic rings. The number of aliphatic hydroxyl groups is 1. The van der Waals surface area contributed by atoms with Crippen LogP contribution in [0.1, 0.15) is 36.6 Å². The second-order valence-electron chi connectivity index (χ2n) is 9.09. The molecule has 2 aromatic carbocycles. The second kappa shape index (κ2) is 11.9. The number of aryl methyl sites for hydroxylation is 1. The number of amides is 1. The predicted octanol–water partition coefficient (Wildman–Crippen LogP) is 4.39. The summed E-state index contributed by atoms with van der Waals surface area (Å²) in [5.74, 6) is -0.771. The number of ketones is 1. The van der Waals surface area contributed by atoms with Gasteiger partial charge in [-0.3, -0.25) is 9.59 Å². The summed E-state index contributed by atoms with van der Waals surface area (Å²) in [7, 11) is 3.91. The van der Waals surface area contributed by atoms with Crippen LogP contribution in [0.15, 0.2) is 60.7 Å². The third-order valence-corrected chi connectivity index (χ3v) is 6.62. The lowest BCUT2D eigenvalue weighted by molar-refractivity contribution is -0.140. The molecule has 0 spiro atoms. The summed E-state index contributed by atoms with van der Waals surface area (Å²) < 4.78 is 5.64. The number of hydrogen-bond acceptors (Lipinski definition) is 6. The Hall–Kier alpha value is -3.58. The van der Waals surface area contributed by atoms with Gasteiger partial charge in [0.15, 0.2) is 0 Å². The SMILES string of the molecule is C=CCOc1ccc(C(O)=C2C(=O)C(=O)N(CCN(CC)CC)[C@@H]2c2ccc(N(C)C)cc2)cc1C. The molecule has 0 unspecified atom stereocenters. The first kappa shape index (κ1) is 27.0. The lowest BCUT2D eigenvalue weighted by Crippen LogP contribution is -2.38. The van der Waals surface area contributed by atoms with E-state index in [1.807, 2.05) is 50.2 Å². The minimum atomic E-state index is -0.672. The maximum atomic E-state index is 13.3. The van der Waals surface area contributed by atoms with Crippen molar-refractivity contribution in [1.29, 1.82) is 0 Å². The monoisotopic (exact) mass is 491 g/mol. The van der Waals surface area contributed by atoms with Crippen molar-refractivity contribution in [3.63, 3.8) is 0 Å². The fraction of sp³-hybridized carbons (Fsp3) is 0.379. The normalized spacial score (nSPS) is 17.1. The minimum Gasteiger partial charge on any atom is -0.507 e. The zero-order valence-electron chi connectivity index (χ0n) is 22.0. The highest BCUT2D eigenvalue weighted by Crippen LogP contribution is 2.40. The molecule has 0 radical (unpaired) electrons. The fourth-order valence-electron chi connectivity index (χ4n) is 4.46. The van der Waals surface area contributed by atoms with Gasteiger partial charge in [0.1, 0.15) is 18.1 Å². The van der Waals surface area contributed by atoms with E-state index in [0.717, 1.165) is 29.9 Å². The summed E-state index contributed by atoms with van der Waals surface area (Å²) in [6.07, 6.45) is 1.66. The Bertz CT molecular complexity index is 1130. The van der Waals surface area contributed by atoms with Gasteiger partial charge in [-0.1, -0.05) is 38.6 Å². The Labute approximate surface area is 214 Å². The Kier molecular flexibility index (Phi) is 8.93. The molecular formula is C29H37N3O4. The molecular weight excluding hydrogens is 454 g/mol. The van der Waals surface area contributed by atoms with Gasteiger partial charge in [0, 0.05) is 38.4 Å². The largest absolute Gasteiger partial charge is 0.507 e. The average molecular weight is 492 g/mol. The van der Waals surface area contributed by atoms with E-state index in [1.54, 1.807) is 29.2 Å². The van der Waals surface area contributed by atoms with Gasteiger partial charge in [-0.05, 0) is 61.5 Å². The van der Waals surface area contributed by atoms with Crippen molar-refractivity contribution in [2.45, 2.75) is 26.8 Å². The molecule has 1 heterocycles. The average Bonchev–Trinajstić information content (AvgIpc) is 3.13. The summed E-state index contributed by atoms with van der Waals surface area (Å²) in [5.41, 5.74) is 3.17. The molecule has 7 heteroatoms. The van der Waals surface area contributed by atoms with Crippen LogP contribution in [0.3, 0.4) is 0 Å². The van der Waals surface area contributed by atoms with Crippen molar-refractivity contribution >= 4 is 23.1 Å². The van der Waals surface area contributed by atoms with Gasteiger partial charge < -0.3 is 24.5 Å². The number of aliphatic hydroxyl groups excluding tert-OH is 1. The van der Waals surface area contributed by atoms with Crippen molar-refractivity contribution in [3.05, 3.63) is 77.4 Å². The second-order valence-corrected chi connectivity index (χ2v) is 9.09. The number of rotatable bonds is 11. The van der Waals surface area contributed by atoms with E-state index >= 15 is 0 Å². The molecule has 1 amide bonds. The van der Waals surface area contributed by atoms with Crippen molar-refractivity contribution < 1.29 is 19.4 Å². The van der Waals surface area contributed by atoms with Gasteiger partial charge in [-0.2, -0.15) is 0 Å². The standard InChI is InChI=1S/C29H37N3O4/c1-7-18-36-24-15-12-22(19-20(24)4)27(33)25-26(21-10-13-23(14-11-21)30(5)6)32(29(35)28(25)34)17-16-31(8-2)9-3/h7,10-15,19,26,33H,1,8-9,16-18H2,2-6H3/t26-/m1/s1. The summed E-state index contributed by atoms with van der Waals surface area (Å²) >= 11 is 0. The van der Waals surface area contributed by atoms with Gasteiger partial charge in [0.25, 0.3) is 11.7 Å². The van der Waals surface area contributed by atoms with E-state index in [0.29, 0.717) is 31.0 Å². The summed E-state index contributed by atoms with van der Waals surface area (Å²) in [6, 6.07) is 12.3. The number of nitrogens with zero attached hydrogens (tertiary/aromatic N) is 3. The van der Waals surface area contributed by atoms with Crippen LogP contribution in [0.5, 0.6) is 5.75 Å². The van der Waals surface area contributed by atoms with Crippen LogP contribution in [0.25, 0.3) is 5.76 Å². The highest BCUT2D eigenvalue weighted by molar-refractivity contribution is 6.46. The smallest absolute Gasteiger partial charge is 0.295 e. The number of Topliss-reactive ketones (excluding diaryl/α,β-unsaturated/α-hetero) is 1. The van der Waals surface area contributed by atoms with Crippen LogP contribution in [0.2, 0.25) is 0 Å². The lowest BCUT2D eigenvalue weighted by Gasteiger charge is -2.28. The number of hydrogen-bond donors (Lipinski definition) is 1. The van der Waals surface area contributed by atoms with Crippen molar-refractivity contribution in [2.24, 2.45) is 0 Å². The zero-order chi connectivity index (χ0) is 26.4. The first-order chi connectivity index (χ1) is 17.2. The number of carbonyl (C=O) groups is 2. The first-order valence-electron chi connectivity index (χ1n) is 12.4. The third-order valence-electron chi connectivity index (χ3n) is 6.62.